The van der Waals surface area contributed by atoms with Gasteiger partial charge in [0.2, 0.25) is 0 Å². The van der Waals surface area contributed by atoms with Gasteiger partial charge in [0.05, 0.1) is 24.7 Å². The summed E-state index contributed by atoms with van der Waals surface area (Å²) in [6.07, 6.45) is 2.83. The highest BCUT2D eigenvalue weighted by Gasteiger charge is 2.40. The minimum absolute atomic E-state index is 0.0551. The predicted molar refractivity (Wildman–Crippen MR) is 126 cm³/mol. The van der Waals surface area contributed by atoms with Gasteiger partial charge in [-0.25, -0.2) is 0 Å². The molecule has 0 spiro atoms. The lowest BCUT2D eigenvalue weighted by molar-refractivity contribution is -0.133. The summed E-state index contributed by atoms with van der Waals surface area (Å²) in [5, 5.41) is 4.20. The molecule has 9 nitrogen and oxygen atoms in total. The molecular weight excluding hydrogens is 448 g/mol. The quantitative estimate of drug-likeness (QED) is 0.601. The molecule has 1 amide bonds. The maximum atomic E-state index is 13.0. The van der Waals surface area contributed by atoms with Gasteiger partial charge in [-0.3, -0.25) is 19.3 Å². The number of carbonyl (C=O) groups excluding carboxylic acids is 3. The van der Waals surface area contributed by atoms with Gasteiger partial charge >= 0.3 is 0 Å². The number of aromatic nitrogens is 1. The summed E-state index contributed by atoms with van der Waals surface area (Å²) in [6, 6.07) is 6.96. The van der Waals surface area contributed by atoms with Crippen molar-refractivity contribution in [1.82, 2.24) is 15.0 Å². The average Bonchev–Trinajstić information content (AvgIpc) is 3.42. The van der Waals surface area contributed by atoms with Crippen LogP contribution >= 0.6 is 0 Å². The zero-order valence-electron chi connectivity index (χ0n) is 20.1. The standard InChI is InChI=1S/C26H32N4O5/c1-16(27)17-7-9-29(10-8-17)13-18-11-20(35-28-18)15-34-25-4-2-3-21-22(25)14-30(26(21)33)23-6-5-19(31)12-24(23)32/h2-4,11,16-17,23H,5-10,12-15,27H2,1H3. The van der Waals surface area contributed by atoms with E-state index in [1.807, 2.05) is 12.1 Å². The molecule has 1 aromatic carbocycles. The van der Waals surface area contributed by atoms with E-state index in [9.17, 15) is 14.4 Å². The van der Waals surface area contributed by atoms with Crippen molar-refractivity contribution >= 4 is 17.5 Å². The molecule has 1 aromatic heterocycles. The highest BCUT2D eigenvalue weighted by molar-refractivity contribution is 6.07. The number of ether oxygens (including phenoxy) is 1. The second-order valence-corrected chi connectivity index (χ2v) is 10.00. The van der Waals surface area contributed by atoms with Crippen LogP contribution in [0.25, 0.3) is 0 Å². The Hall–Kier alpha value is -3.04. The third kappa shape index (κ3) is 5.01. The Morgan fingerprint density at radius 1 is 1.20 bits per heavy atom. The third-order valence-electron chi connectivity index (χ3n) is 7.51. The fourth-order valence-electron chi connectivity index (χ4n) is 5.41. The van der Waals surface area contributed by atoms with E-state index in [4.69, 9.17) is 15.0 Å². The molecule has 0 radical (unpaired) electrons. The van der Waals surface area contributed by atoms with Crippen LogP contribution in [0.5, 0.6) is 5.75 Å². The van der Waals surface area contributed by atoms with Crippen LogP contribution in [0.2, 0.25) is 0 Å². The van der Waals surface area contributed by atoms with Crippen LogP contribution < -0.4 is 10.5 Å². The number of hydrogen-bond acceptors (Lipinski definition) is 8. The number of fused-ring (bicyclic) bond motifs is 1. The first-order valence-electron chi connectivity index (χ1n) is 12.4. The molecule has 1 aliphatic carbocycles. The molecule has 1 saturated heterocycles. The molecule has 2 aromatic rings. The van der Waals surface area contributed by atoms with E-state index < -0.39 is 6.04 Å². The minimum atomic E-state index is -0.546. The van der Waals surface area contributed by atoms with E-state index in [-0.39, 0.29) is 36.5 Å². The van der Waals surface area contributed by atoms with E-state index in [0.717, 1.165) is 43.7 Å². The van der Waals surface area contributed by atoms with Crippen molar-refractivity contribution in [2.24, 2.45) is 11.7 Å². The lowest BCUT2D eigenvalue weighted by Gasteiger charge is -2.33. The van der Waals surface area contributed by atoms with Crippen molar-refractivity contribution in [3.05, 3.63) is 46.8 Å². The molecule has 35 heavy (non-hydrogen) atoms. The number of piperidine rings is 1. The number of rotatable bonds is 7. The number of nitrogens with two attached hydrogens (primary N) is 1. The van der Waals surface area contributed by atoms with Crippen LogP contribution in [0, 0.1) is 5.92 Å². The van der Waals surface area contributed by atoms with Gasteiger partial charge in [-0.15, -0.1) is 0 Å². The number of hydrogen-bond donors (Lipinski definition) is 1. The molecule has 2 atom stereocenters. The number of Topliss-reactive ketones (excluding diaryl/α,β-unsaturated/α-hetero) is 2. The molecule has 186 valence electrons. The Bertz CT molecular complexity index is 1120. The molecule has 2 N–H and O–H groups in total. The molecule has 5 rings (SSSR count). The third-order valence-corrected chi connectivity index (χ3v) is 7.51. The van der Waals surface area contributed by atoms with Crippen molar-refractivity contribution in [2.45, 2.75) is 70.8 Å². The number of carbonyl (C=O) groups is 3. The summed E-state index contributed by atoms with van der Waals surface area (Å²) in [4.78, 5) is 40.9. The van der Waals surface area contributed by atoms with Gasteiger partial charge in [-0.2, -0.15) is 0 Å². The molecule has 2 aliphatic heterocycles. The van der Waals surface area contributed by atoms with Gasteiger partial charge in [0, 0.05) is 36.2 Å². The zero-order valence-corrected chi connectivity index (χ0v) is 20.1. The van der Waals surface area contributed by atoms with E-state index >= 15 is 0 Å². The van der Waals surface area contributed by atoms with Gasteiger partial charge in [-0.1, -0.05) is 11.2 Å². The largest absolute Gasteiger partial charge is 0.485 e. The predicted octanol–water partition coefficient (Wildman–Crippen LogP) is 2.46. The normalized spacial score (nSPS) is 22.5. The fourth-order valence-corrected chi connectivity index (χ4v) is 5.41. The Morgan fingerprint density at radius 3 is 2.74 bits per heavy atom. The van der Waals surface area contributed by atoms with Crippen LogP contribution in [0.1, 0.15) is 66.4 Å². The van der Waals surface area contributed by atoms with Gasteiger partial charge in [-0.05, 0) is 57.3 Å². The van der Waals surface area contributed by atoms with E-state index in [1.165, 1.54) is 0 Å². The summed E-state index contributed by atoms with van der Waals surface area (Å²) in [5.74, 6) is 1.37. The lowest BCUT2D eigenvalue weighted by atomic mass is 9.91. The maximum Gasteiger partial charge on any atom is 0.255 e. The minimum Gasteiger partial charge on any atom is -0.485 e. The number of ketones is 2. The van der Waals surface area contributed by atoms with Crippen LogP contribution in [0.15, 0.2) is 28.8 Å². The van der Waals surface area contributed by atoms with E-state index in [0.29, 0.717) is 42.4 Å². The molecule has 2 fully saturated rings. The summed E-state index contributed by atoms with van der Waals surface area (Å²) >= 11 is 0. The Labute approximate surface area is 204 Å². The molecule has 1 saturated carbocycles. The lowest BCUT2D eigenvalue weighted by Crippen LogP contribution is -2.44. The molecule has 3 heterocycles. The monoisotopic (exact) mass is 480 g/mol. The Balaban J connectivity index is 1.19. The van der Waals surface area contributed by atoms with Gasteiger partial charge in [0.25, 0.3) is 5.91 Å². The number of amides is 1. The highest BCUT2D eigenvalue weighted by Crippen LogP contribution is 2.34. The van der Waals surface area contributed by atoms with Crippen molar-refractivity contribution < 1.29 is 23.6 Å². The Morgan fingerprint density at radius 2 is 2.00 bits per heavy atom. The summed E-state index contributed by atoms with van der Waals surface area (Å²) in [5.41, 5.74) is 8.21. The number of likely N-dealkylation sites (tertiary alicyclic amines) is 1. The number of benzene rings is 1. The molecule has 3 aliphatic rings. The molecule has 2 unspecified atom stereocenters. The van der Waals surface area contributed by atoms with Crippen molar-refractivity contribution in [1.29, 1.82) is 0 Å². The maximum absolute atomic E-state index is 13.0. The first kappa shape index (κ1) is 23.7. The highest BCUT2D eigenvalue weighted by atomic mass is 16.5. The topological polar surface area (TPSA) is 119 Å². The first-order chi connectivity index (χ1) is 16.9. The molecule has 0 bridgehead atoms. The molecular formula is C26H32N4O5. The Kier molecular flexibility index (Phi) is 6.71. The van der Waals surface area contributed by atoms with Crippen LogP contribution in [0.4, 0.5) is 0 Å². The van der Waals surface area contributed by atoms with Crippen molar-refractivity contribution in [3.63, 3.8) is 0 Å². The first-order valence-corrected chi connectivity index (χ1v) is 12.4. The van der Waals surface area contributed by atoms with Gasteiger partial charge in [0.15, 0.2) is 11.5 Å². The number of nitrogens with zero attached hydrogens (tertiary/aromatic N) is 3. The fraction of sp³-hybridized carbons (Fsp3) is 0.538. The summed E-state index contributed by atoms with van der Waals surface area (Å²) in [6.45, 7) is 5.32. The second-order valence-electron chi connectivity index (χ2n) is 10.00. The second kappa shape index (κ2) is 9.91. The van der Waals surface area contributed by atoms with Crippen molar-refractivity contribution in [3.8, 4) is 5.75 Å². The smallest absolute Gasteiger partial charge is 0.255 e. The summed E-state index contributed by atoms with van der Waals surface area (Å²) < 4.78 is 11.5. The average molecular weight is 481 g/mol. The van der Waals surface area contributed by atoms with E-state index in [2.05, 4.69) is 17.0 Å². The van der Waals surface area contributed by atoms with E-state index in [1.54, 1.807) is 17.0 Å². The zero-order chi connectivity index (χ0) is 24.5. The van der Waals surface area contributed by atoms with Crippen LogP contribution in [-0.2, 0) is 29.3 Å². The van der Waals surface area contributed by atoms with Gasteiger partial charge in [0.1, 0.15) is 18.1 Å². The summed E-state index contributed by atoms with van der Waals surface area (Å²) in [7, 11) is 0. The van der Waals surface area contributed by atoms with Crippen molar-refractivity contribution in [2.75, 3.05) is 13.1 Å². The molecule has 9 heteroatoms. The van der Waals surface area contributed by atoms with Gasteiger partial charge < -0.3 is 19.9 Å². The van der Waals surface area contributed by atoms with Crippen LogP contribution in [0.3, 0.4) is 0 Å². The van der Waals surface area contributed by atoms with Crippen LogP contribution in [-0.4, -0.2) is 57.6 Å². The SMILES string of the molecule is CC(N)C1CCN(Cc2cc(COc3cccc4c3CN(C3CCC(=O)CC3=O)C4=O)on2)CC1.